The first-order valence-electron chi connectivity index (χ1n) is 8.62. The van der Waals surface area contributed by atoms with Crippen molar-refractivity contribution in [2.24, 2.45) is 10.9 Å². The number of rotatable bonds is 6. The minimum absolute atomic E-state index is 0.0885. The van der Waals surface area contributed by atoms with Gasteiger partial charge in [-0.15, -0.1) is 0 Å². The first-order valence-corrected chi connectivity index (χ1v) is 8.62. The Morgan fingerprint density at radius 3 is 2.63 bits per heavy atom. The molecule has 6 nitrogen and oxygen atoms in total. The number of amides is 2. The van der Waals surface area contributed by atoms with Crippen LogP contribution in [0, 0.1) is 5.82 Å². The molecule has 0 saturated carbocycles. The molecular formula is C20H20FN3O3. The van der Waals surface area contributed by atoms with Gasteiger partial charge in [0.1, 0.15) is 11.9 Å². The van der Waals surface area contributed by atoms with E-state index in [1.54, 1.807) is 30.3 Å². The number of benzene rings is 2. The highest BCUT2D eigenvalue weighted by Gasteiger charge is 2.33. The van der Waals surface area contributed by atoms with Gasteiger partial charge in [-0.1, -0.05) is 29.4 Å². The van der Waals surface area contributed by atoms with E-state index in [2.05, 4.69) is 10.5 Å². The quantitative estimate of drug-likeness (QED) is 0.818. The fourth-order valence-electron chi connectivity index (χ4n) is 3.03. The fourth-order valence-corrected chi connectivity index (χ4v) is 3.03. The van der Waals surface area contributed by atoms with E-state index in [1.165, 1.54) is 12.1 Å². The number of carbonyl (C=O) groups is 2. The van der Waals surface area contributed by atoms with Gasteiger partial charge >= 0.3 is 0 Å². The lowest BCUT2D eigenvalue weighted by Gasteiger charge is -2.16. The van der Waals surface area contributed by atoms with Gasteiger partial charge in [-0.3, -0.25) is 9.59 Å². The van der Waals surface area contributed by atoms with Crippen LogP contribution in [0.1, 0.15) is 40.7 Å². The molecule has 2 aromatic rings. The maximum Gasteiger partial charge on any atom is 0.251 e. The molecule has 0 radical (unpaired) electrons. The lowest BCUT2D eigenvalue weighted by atomic mass is 9.86. The molecule has 2 unspecified atom stereocenters. The summed E-state index contributed by atoms with van der Waals surface area (Å²) in [7, 11) is 0. The summed E-state index contributed by atoms with van der Waals surface area (Å²) in [6.45, 7) is 2.07. The first-order chi connectivity index (χ1) is 13.0. The molecule has 0 spiro atoms. The summed E-state index contributed by atoms with van der Waals surface area (Å²) in [6.07, 6.45) is -0.135. The van der Waals surface area contributed by atoms with Crippen molar-refractivity contribution >= 4 is 17.5 Å². The Balaban J connectivity index is 1.76. The number of primary amides is 1. The Hall–Kier alpha value is -3.22. The molecule has 3 rings (SSSR count). The van der Waals surface area contributed by atoms with Crippen LogP contribution in [0.5, 0.6) is 0 Å². The van der Waals surface area contributed by atoms with Gasteiger partial charge in [0.15, 0.2) is 0 Å². The zero-order valence-electron chi connectivity index (χ0n) is 14.8. The number of carbonyl (C=O) groups excluding carboxylic acids is 2. The van der Waals surface area contributed by atoms with E-state index < -0.39 is 5.91 Å². The molecule has 1 aliphatic heterocycles. The molecule has 0 saturated heterocycles. The van der Waals surface area contributed by atoms with Crippen LogP contribution in [0.25, 0.3) is 0 Å². The van der Waals surface area contributed by atoms with E-state index in [0.717, 1.165) is 11.1 Å². The first kappa shape index (κ1) is 18.6. The van der Waals surface area contributed by atoms with Crippen LogP contribution >= 0.6 is 0 Å². The van der Waals surface area contributed by atoms with Gasteiger partial charge < -0.3 is 15.9 Å². The number of hydrogen-bond acceptors (Lipinski definition) is 4. The Morgan fingerprint density at radius 1 is 1.22 bits per heavy atom. The third-order valence-electron chi connectivity index (χ3n) is 4.39. The van der Waals surface area contributed by atoms with E-state index in [-0.39, 0.29) is 36.7 Å². The Bertz CT molecular complexity index is 880. The van der Waals surface area contributed by atoms with Gasteiger partial charge in [0, 0.05) is 24.1 Å². The second-order valence-corrected chi connectivity index (χ2v) is 6.37. The molecule has 140 valence electrons. The molecule has 2 aromatic carbocycles. The van der Waals surface area contributed by atoms with Crippen LogP contribution in [0.15, 0.2) is 53.7 Å². The highest BCUT2D eigenvalue weighted by atomic mass is 19.1. The van der Waals surface area contributed by atoms with Gasteiger partial charge in [0.05, 0.1) is 11.6 Å². The van der Waals surface area contributed by atoms with E-state index in [1.807, 2.05) is 13.0 Å². The molecule has 27 heavy (non-hydrogen) atoms. The summed E-state index contributed by atoms with van der Waals surface area (Å²) in [5, 5.41) is 6.79. The molecule has 3 N–H and O–H groups in total. The van der Waals surface area contributed by atoms with Crippen LogP contribution in [-0.2, 0) is 9.63 Å². The van der Waals surface area contributed by atoms with Gasteiger partial charge in [0.2, 0.25) is 5.91 Å². The maximum absolute atomic E-state index is 13.6. The summed E-state index contributed by atoms with van der Waals surface area (Å²) in [4.78, 5) is 28.2. The van der Waals surface area contributed by atoms with Crippen LogP contribution in [0.3, 0.4) is 0 Å². The van der Waals surface area contributed by atoms with Crippen molar-refractivity contribution in [3.8, 4) is 0 Å². The average molecular weight is 369 g/mol. The zero-order chi connectivity index (χ0) is 19.4. The molecular weight excluding hydrogens is 349 g/mol. The molecule has 2 atom stereocenters. The number of nitrogens with zero attached hydrogens (tertiary/aromatic N) is 1. The standard InChI is InChI=1S/C20H20FN3O3/c1-12-18(15-3-2-4-16(21)11-15)19(24-27-12)13-5-7-14(8-6-13)20(26)23-10-9-17(22)25/h2-8,11-12,18H,9-10H2,1H3,(H2,22,25)(H,23,26). The number of nitrogens with one attached hydrogen (secondary N) is 1. The summed E-state index contributed by atoms with van der Waals surface area (Å²) in [5.74, 6) is -1.27. The van der Waals surface area contributed by atoms with Crippen LogP contribution < -0.4 is 11.1 Å². The lowest BCUT2D eigenvalue weighted by molar-refractivity contribution is -0.117. The predicted molar refractivity (Wildman–Crippen MR) is 98.8 cm³/mol. The monoisotopic (exact) mass is 369 g/mol. The van der Waals surface area contributed by atoms with Gasteiger partial charge in [-0.05, 0) is 36.8 Å². The minimum atomic E-state index is -0.470. The van der Waals surface area contributed by atoms with E-state index >= 15 is 0 Å². The van der Waals surface area contributed by atoms with Crippen molar-refractivity contribution < 1.29 is 18.8 Å². The lowest BCUT2D eigenvalue weighted by Crippen LogP contribution is -2.27. The average Bonchev–Trinajstić information content (AvgIpc) is 3.03. The minimum Gasteiger partial charge on any atom is -0.391 e. The molecule has 1 heterocycles. The van der Waals surface area contributed by atoms with Crippen molar-refractivity contribution in [2.75, 3.05) is 6.54 Å². The molecule has 1 aliphatic rings. The topological polar surface area (TPSA) is 93.8 Å². The fraction of sp³-hybridized carbons (Fsp3) is 0.250. The van der Waals surface area contributed by atoms with E-state index in [9.17, 15) is 14.0 Å². The molecule has 0 bridgehead atoms. The molecule has 7 heteroatoms. The van der Waals surface area contributed by atoms with Crippen molar-refractivity contribution in [1.29, 1.82) is 0 Å². The largest absolute Gasteiger partial charge is 0.391 e. The second kappa shape index (κ2) is 7.99. The highest BCUT2D eigenvalue weighted by molar-refractivity contribution is 6.06. The van der Waals surface area contributed by atoms with Crippen LogP contribution in [-0.4, -0.2) is 30.2 Å². The summed E-state index contributed by atoms with van der Waals surface area (Å²) in [6, 6.07) is 13.3. The van der Waals surface area contributed by atoms with Gasteiger partial charge in [-0.25, -0.2) is 4.39 Å². The van der Waals surface area contributed by atoms with E-state index in [0.29, 0.717) is 11.3 Å². The maximum atomic E-state index is 13.6. The number of oxime groups is 1. The SMILES string of the molecule is CC1ON=C(c2ccc(C(=O)NCCC(N)=O)cc2)C1c1cccc(F)c1. The Kier molecular flexibility index (Phi) is 5.49. The molecule has 0 aliphatic carbocycles. The summed E-state index contributed by atoms with van der Waals surface area (Å²) < 4.78 is 13.6. The van der Waals surface area contributed by atoms with Crippen molar-refractivity contribution in [3.05, 3.63) is 71.0 Å². The number of hydrogen-bond donors (Lipinski definition) is 2. The summed E-state index contributed by atoms with van der Waals surface area (Å²) >= 11 is 0. The van der Waals surface area contributed by atoms with Crippen molar-refractivity contribution in [2.45, 2.75) is 25.4 Å². The number of nitrogens with two attached hydrogens (primary N) is 1. The molecule has 0 fully saturated rings. The Labute approximate surface area is 156 Å². The Morgan fingerprint density at radius 2 is 1.96 bits per heavy atom. The summed E-state index contributed by atoms with van der Waals surface area (Å²) in [5.41, 5.74) is 7.77. The normalized spacial score (nSPS) is 18.5. The predicted octanol–water partition coefficient (Wildman–Crippen LogP) is 2.34. The molecule has 2 amide bonds. The second-order valence-electron chi connectivity index (χ2n) is 6.37. The van der Waals surface area contributed by atoms with Crippen molar-refractivity contribution in [1.82, 2.24) is 5.32 Å². The van der Waals surface area contributed by atoms with Crippen LogP contribution in [0.4, 0.5) is 4.39 Å². The smallest absolute Gasteiger partial charge is 0.251 e. The third kappa shape index (κ3) is 4.31. The van der Waals surface area contributed by atoms with Gasteiger partial charge in [0.25, 0.3) is 5.91 Å². The highest BCUT2D eigenvalue weighted by Crippen LogP contribution is 2.32. The van der Waals surface area contributed by atoms with Gasteiger partial charge in [-0.2, -0.15) is 0 Å². The molecule has 0 aromatic heterocycles. The zero-order valence-corrected chi connectivity index (χ0v) is 14.8. The third-order valence-corrected chi connectivity index (χ3v) is 4.39. The number of halogens is 1. The van der Waals surface area contributed by atoms with Crippen LogP contribution in [0.2, 0.25) is 0 Å². The van der Waals surface area contributed by atoms with Crippen molar-refractivity contribution in [3.63, 3.8) is 0 Å². The van der Waals surface area contributed by atoms with E-state index in [4.69, 9.17) is 10.6 Å².